The van der Waals surface area contributed by atoms with Crippen molar-refractivity contribution in [2.75, 3.05) is 5.73 Å². The van der Waals surface area contributed by atoms with E-state index in [0.717, 1.165) is 11.1 Å². The molecule has 0 atom stereocenters. The number of anilines is 1. The molecule has 0 aliphatic heterocycles. The molecule has 0 unspecified atom stereocenters. The lowest BCUT2D eigenvalue weighted by Crippen LogP contribution is -2.01. The van der Waals surface area contributed by atoms with Crippen LogP contribution in [0.4, 0.5) is 5.69 Å². The number of unbranched alkanes of at least 4 members (excludes halogenated alkanes) is 3. The number of nitrogen functional groups attached to an aromatic ring is 1. The van der Waals surface area contributed by atoms with E-state index >= 15 is 0 Å². The van der Waals surface area contributed by atoms with Gasteiger partial charge in [-0.1, -0.05) is 39.2 Å². The van der Waals surface area contributed by atoms with Gasteiger partial charge in [0.2, 0.25) is 0 Å². The van der Waals surface area contributed by atoms with E-state index in [1.165, 1.54) is 94.6 Å². The van der Waals surface area contributed by atoms with Crippen LogP contribution < -0.4 is 5.73 Å². The first-order valence-corrected chi connectivity index (χ1v) is 10.8. The summed E-state index contributed by atoms with van der Waals surface area (Å²) in [7, 11) is 0. The molecule has 0 radical (unpaired) electrons. The molecule has 1 aromatic carbocycles. The van der Waals surface area contributed by atoms with Crippen molar-refractivity contribution < 1.29 is 0 Å². The summed E-state index contributed by atoms with van der Waals surface area (Å²) in [5.41, 5.74) is 13.0. The summed E-state index contributed by atoms with van der Waals surface area (Å²) < 4.78 is 0. The number of rotatable bonds is 11. The molecule has 2 aliphatic carbocycles. The predicted molar refractivity (Wildman–Crippen MR) is 110 cm³/mol. The molecule has 0 saturated heterocycles. The summed E-state index contributed by atoms with van der Waals surface area (Å²) in [6, 6.07) is 4.64. The highest BCUT2D eigenvalue weighted by Gasteiger charge is 2.36. The second kappa shape index (κ2) is 7.72. The number of nitrogens with two attached hydrogens (primary N) is 1. The highest BCUT2D eigenvalue weighted by Crippen LogP contribution is 2.49. The topological polar surface area (TPSA) is 26.0 Å². The summed E-state index contributed by atoms with van der Waals surface area (Å²) in [5.74, 6) is 0. The van der Waals surface area contributed by atoms with Gasteiger partial charge in [0.1, 0.15) is 0 Å². The second-order valence-electron chi connectivity index (χ2n) is 9.87. The molecule has 1 nitrogen and oxygen atoms in total. The minimum Gasteiger partial charge on any atom is -0.399 e. The van der Waals surface area contributed by atoms with Crippen LogP contribution in [-0.2, 0) is 12.8 Å². The van der Waals surface area contributed by atoms with Crippen molar-refractivity contribution in [1.29, 1.82) is 0 Å². The molecule has 1 heteroatoms. The van der Waals surface area contributed by atoms with Crippen molar-refractivity contribution in [3.63, 3.8) is 0 Å². The largest absolute Gasteiger partial charge is 0.399 e. The Morgan fingerprint density at radius 3 is 1.80 bits per heavy atom. The van der Waals surface area contributed by atoms with Crippen LogP contribution >= 0.6 is 0 Å². The van der Waals surface area contributed by atoms with E-state index in [-0.39, 0.29) is 0 Å². The van der Waals surface area contributed by atoms with Gasteiger partial charge in [0.05, 0.1) is 0 Å². The minimum atomic E-state index is 0.706. The zero-order valence-corrected chi connectivity index (χ0v) is 16.9. The van der Waals surface area contributed by atoms with Crippen LogP contribution in [0.15, 0.2) is 12.1 Å². The average Bonchev–Trinajstić information content (AvgIpc) is 3.48. The van der Waals surface area contributed by atoms with Gasteiger partial charge in [0.25, 0.3) is 0 Å². The van der Waals surface area contributed by atoms with Crippen molar-refractivity contribution in [1.82, 2.24) is 0 Å². The van der Waals surface area contributed by atoms with Crippen molar-refractivity contribution >= 4 is 5.69 Å². The van der Waals surface area contributed by atoms with E-state index in [0.29, 0.717) is 5.41 Å². The molecule has 2 saturated carbocycles. The van der Waals surface area contributed by atoms with Crippen molar-refractivity contribution in [2.24, 2.45) is 10.8 Å². The molecule has 0 amide bonds. The molecule has 0 spiro atoms. The Morgan fingerprint density at radius 2 is 1.24 bits per heavy atom. The molecular formula is C24H39N. The Balaban J connectivity index is 1.45. The van der Waals surface area contributed by atoms with Crippen molar-refractivity contribution in [2.45, 2.75) is 104 Å². The lowest BCUT2D eigenvalue weighted by Gasteiger charge is -2.14. The van der Waals surface area contributed by atoms with Crippen LogP contribution in [0.2, 0.25) is 0 Å². The summed E-state index contributed by atoms with van der Waals surface area (Å²) >= 11 is 0. The molecule has 0 heterocycles. The fourth-order valence-electron chi connectivity index (χ4n) is 4.14. The Bertz CT molecular complexity index is 578. The third-order valence-corrected chi connectivity index (χ3v) is 7.00. The van der Waals surface area contributed by atoms with Gasteiger partial charge in [-0.15, -0.1) is 0 Å². The standard InChI is InChI=1S/C24H39N/c1-19-17-20(10-6-8-12-24(3)15-16-24)21(18-22(19)25)9-5-4-7-11-23(2)13-14-23/h17-18H,4-16,25H2,1-3H3. The number of hydrogen-bond acceptors (Lipinski definition) is 1. The highest BCUT2D eigenvalue weighted by atomic mass is 14.6. The van der Waals surface area contributed by atoms with Crippen LogP contribution in [-0.4, -0.2) is 0 Å². The monoisotopic (exact) mass is 341 g/mol. The third kappa shape index (κ3) is 5.76. The Morgan fingerprint density at radius 1 is 0.760 bits per heavy atom. The van der Waals surface area contributed by atoms with Gasteiger partial charge >= 0.3 is 0 Å². The predicted octanol–water partition coefficient (Wildman–Crippen LogP) is 6.99. The quantitative estimate of drug-likeness (QED) is 0.340. The zero-order valence-electron chi connectivity index (χ0n) is 16.9. The Hall–Kier alpha value is -0.980. The molecule has 2 aliphatic rings. The average molecular weight is 342 g/mol. The molecule has 140 valence electrons. The lowest BCUT2D eigenvalue weighted by atomic mass is 9.92. The second-order valence-corrected chi connectivity index (χ2v) is 9.87. The minimum absolute atomic E-state index is 0.706. The summed E-state index contributed by atoms with van der Waals surface area (Å²) in [5, 5.41) is 0. The van der Waals surface area contributed by atoms with E-state index in [9.17, 15) is 0 Å². The maximum Gasteiger partial charge on any atom is 0.0346 e. The van der Waals surface area contributed by atoms with Gasteiger partial charge in [-0.25, -0.2) is 0 Å². The summed E-state index contributed by atoms with van der Waals surface area (Å²) in [6.45, 7) is 7.06. The third-order valence-electron chi connectivity index (χ3n) is 7.00. The van der Waals surface area contributed by atoms with E-state index in [1.54, 1.807) is 5.56 Å². The number of hydrogen-bond donors (Lipinski definition) is 1. The van der Waals surface area contributed by atoms with E-state index in [4.69, 9.17) is 5.73 Å². The smallest absolute Gasteiger partial charge is 0.0346 e. The van der Waals surface area contributed by atoms with E-state index in [2.05, 4.69) is 32.9 Å². The molecule has 2 fully saturated rings. The summed E-state index contributed by atoms with van der Waals surface area (Å²) in [6.07, 6.45) is 18.0. The van der Waals surface area contributed by atoms with Crippen molar-refractivity contribution in [3.05, 3.63) is 28.8 Å². The first-order valence-electron chi connectivity index (χ1n) is 10.8. The normalized spacial score (nSPS) is 19.8. The van der Waals surface area contributed by atoms with Gasteiger partial charge in [0, 0.05) is 5.69 Å². The number of aryl methyl sites for hydroxylation is 3. The van der Waals surface area contributed by atoms with E-state index < -0.39 is 0 Å². The van der Waals surface area contributed by atoms with Crippen LogP contribution in [0, 0.1) is 17.8 Å². The maximum atomic E-state index is 6.21. The lowest BCUT2D eigenvalue weighted by molar-refractivity contribution is 0.475. The molecule has 3 rings (SSSR count). The van der Waals surface area contributed by atoms with Crippen LogP contribution in [0.5, 0.6) is 0 Å². The van der Waals surface area contributed by atoms with E-state index in [1.807, 2.05) is 0 Å². The van der Waals surface area contributed by atoms with Crippen LogP contribution in [0.3, 0.4) is 0 Å². The van der Waals surface area contributed by atoms with Gasteiger partial charge in [-0.2, -0.15) is 0 Å². The molecule has 0 bridgehead atoms. The SMILES string of the molecule is Cc1cc(CCCCC2(C)CC2)c(CCCCCC2(C)CC2)cc1N. The first-order chi connectivity index (χ1) is 11.9. The molecule has 1 aromatic rings. The van der Waals surface area contributed by atoms with Crippen LogP contribution in [0.1, 0.15) is 101 Å². The Labute approximate surface area is 155 Å². The first kappa shape index (κ1) is 18.8. The molecule has 0 aromatic heterocycles. The van der Waals surface area contributed by atoms with Gasteiger partial charge in [-0.3, -0.25) is 0 Å². The van der Waals surface area contributed by atoms with Gasteiger partial charge in [-0.05, 0) is 105 Å². The highest BCUT2D eigenvalue weighted by molar-refractivity contribution is 5.51. The molecular weight excluding hydrogens is 302 g/mol. The van der Waals surface area contributed by atoms with Gasteiger partial charge in [0.15, 0.2) is 0 Å². The fraction of sp³-hybridized carbons (Fsp3) is 0.750. The number of benzene rings is 1. The molecule has 25 heavy (non-hydrogen) atoms. The fourth-order valence-corrected chi connectivity index (χ4v) is 4.14. The van der Waals surface area contributed by atoms with Crippen molar-refractivity contribution in [3.8, 4) is 0 Å². The van der Waals surface area contributed by atoms with Crippen LogP contribution in [0.25, 0.3) is 0 Å². The van der Waals surface area contributed by atoms with Gasteiger partial charge < -0.3 is 5.73 Å². The molecule has 2 N–H and O–H groups in total. The zero-order chi connectivity index (χ0) is 17.9. The maximum absolute atomic E-state index is 6.21. The Kier molecular flexibility index (Phi) is 5.81. The summed E-state index contributed by atoms with van der Waals surface area (Å²) in [4.78, 5) is 0.